The highest BCUT2D eigenvalue weighted by Gasteiger charge is 2.30. The van der Waals surface area contributed by atoms with Crippen LogP contribution < -0.4 is 4.57 Å². The molecule has 1 saturated heterocycles. The summed E-state index contributed by atoms with van der Waals surface area (Å²) in [7, 11) is 0. The molecule has 7 nitrogen and oxygen atoms in total. The molecule has 0 aromatic carbocycles. The van der Waals surface area contributed by atoms with Gasteiger partial charge in [0.05, 0.1) is 17.5 Å². The smallest absolute Gasteiger partial charge is 0.354 e. The molecule has 8 heteroatoms. The Morgan fingerprint density at radius 1 is 1.19 bits per heavy atom. The van der Waals surface area contributed by atoms with Gasteiger partial charge in [-0.15, -0.1) is 4.68 Å². The molecule has 1 aliphatic heterocycles. The van der Waals surface area contributed by atoms with Crippen LogP contribution in [0.25, 0.3) is 28.0 Å². The first kappa shape index (κ1) is 15.6. The van der Waals surface area contributed by atoms with Crippen LogP contribution in [0.1, 0.15) is 25.5 Å². The summed E-state index contributed by atoms with van der Waals surface area (Å²) in [5, 5.41) is 5.16. The molecule has 5 heterocycles. The van der Waals surface area contributed by atoms with Gasteiger partial charge in [0.2, 0.25) is 11.2 Å². The topological polar surface area (TPSA) is 69.6 Å². The second-order valence-corrected chi connectivity index (χ2v) is 6.63. The van der Waals surface area contributed by atoms with Crippen LogP contribution >= 0.6 is 11.6 Å². The van der Waals surface area contributed by atoms with Gasteiger partial charge in [0, 0.05) is 12.8 Å². The van der Waals surface area contributed by atoms with Crippen molar-refractivity contribution < 1.29 is 9.30 Å². The summed E-state index contributed by atoms with van der Waals surface area (Å²) in [6.45, 7) is 0.723. The number of hydrogen-bond acceptors (Lipinski definition) is 5. The molecule has 4 aromatic heterocycles. The van der Waals surface area contributed by atoms with E-state index in [0.29, 0.717) is 22.1 Å². The third kappa shape index (κ3) is 2.51. The van der Waals surface area contributed by atoms with Crippen LogP contribution in [0, 0.1) is 0 Å². The average Bonchev–Trinajstić information content (AvgIpc) is 3.06. The lowest BCUT2D eigenvalue weighted by molar-refractivity contribution is -0.570. The summed E-state index contributed by atoms with van der Waals surface area (Å²) in [4.78, 5) is 13.4. The second-order valence-electron chi connectivity index (χ2n) is 6.24. The number of nitrogens with zero attached hydrogens (tertiary/aromatic N) is 6. The highest BCUT2D eigenvalue weighted by atomic mass is 35.5. The molecule has 26 heavy (non-hydrogen) atoms. The van der Waals surface area contributed by atoms with E-state index >= 15 is 0 Å². The molecule has 0 bridgehead atoms. The van der Waals surface area contributed by atoms with Crippen molar-refractivity contribution >= 4 is 33.8 Å². The average molecular weight is 368 g/mol. The molecule has 1 aliphatic rings. The van der Waals surface area contributed by atoms with Crippen LogP contribution in [0.2, 0.25) is 5.15 Å². The van der Waals surface area contributed by atoms with Gasteiger partial charge in [0.25, 0.3) is 0 Å². The van der Waals surface area contributed by atoms with Gasteiger partial charge in [-0.1, -0.05) is 11.6 Å². The van der Waals surface area contributed by atoms with Crippen molar-refractivity contribution in [2.75, 3.05) is 6.61 Å². The van der Waals surface area contributed by atoms with Crippen LogP contribution in [0.5, 0.6) is 0 Å². The van der Waals surface area contributed by atoms with Crippen LogP contribution in [-0.4, -0.2) is 31.3 Å². The van der Waals surface area contributed by atoms with Gasteiger partial charge in [-0.25, -0.2) is 9.97 Å². The maximum atomic E-state index is 6.11. The molecule has 0 saturated carbocycles. The molecule has 4 aromatic rings. The molecular weight excluding hydrogens is 352 g/mol. The molecule has 1 unspecified atom stereocenters. The van der Waals surface area contributed by atoms with E-state index in [1.807, 2.05) is 39.7 Å². The molecule has 0 aliphatic carbocycles. The molecule has 1 atom stereocenters. The van der Waals surface area contributed by atoms with E-state index in [-0.39, 0.29) is 6.23 Å². The minimum atomic E-state index is -0.151. The predicted octanol–water partition coefficient (Wildman–Crippen LogP) is 3.00. The Morgan fingerprint density at radius 3 is 3.04 bits per heavy atom. The number of halogens is 1. The summed E-state index contributed by atoms with van der Waals surface area (Å²) in [5.74, 6) is 0.692. The van der Waals surface area contributed by atoms with Crippen molar-refractivity contribution in [1.82, 2.24) is 24.7 Å². The predicted molar refractivity (Wildman–Crippen MR) is 96.0 cm³/mol. The SMILES string of the molecule is Clc1cnc2c(-[n+]3cccc4ncccc43)nn(C3CCCCO3)c2n1. The van der Waals surface area contributed by atoms with Crippen molar-refractivity contribution in [3.05, 3.63) is 48.0 Å². The lowest BCUT2D eigenvalue weighted by Gasteiger charge is -2.20. The minimum Gasteiger partial charge on any atom is -0.354 e. The molecular formula is C18H16ClN6O+. The minimum absolute atomic E-state index is 0.151. The Bertz CT molecular complexity index is 1100. The standard InChI is InChI=1S/C18H16ClN6O/c19-14-11-21-16-17(22-14)25(15-7-1-2-10-26-15)23-18(16)24-9-4-5-12-13(24)6-3-8-20-12/h3-6,8-9,11,15H,1-2,7,10H2/q+1. The third-order valence-corrected chi connectivity index (χ3v) is 4.76. The normalized spacial score (nSPS) is 17.8. The molecule has 5 rings (SSSR count). The summed E-state index contributed by atoms with van der Waals surface area (Å²) in [5.41, 5.74) is 3.15. The van der Waals surface area contributed by atoms with E-state index in [4.69, 9.17) is 21.4 Å². The van der Waals surface area contributed by atoms with Crippen molar-refractivity contribution in [3.8, 4) is 5.82 Å². The fourth-order valence-corrected chi connectivity index (χ4v) is 3.51. The van der Waals surface area contributed by atoms with Crippen molar-refractivity contribution in [3.63, 3.8) is 0 Å². The lowest BCUT2D eigenvalue weighted by atomic mass is 10.2. The van der Waals surface area contributed by atoms with Gasteiger partial charge in [0.15, 0.2) is 11.7 Å². The van der Waals surface area contributed by atoms with E-state index in [2.05, 4.69) is 15.0 Å². The highest BCUT2D eigenvalue weighted by Crippen LogP contribution is 2.27. The first-order valence-corrected chi connectivity index (χ1v) is 8.97. The van der Waals surface area contributed by atoms with Gasteiger partial charge in [0.1, 0.15) is 10.7 Å². The lowest BCUT2D eigenvalue weighted by Crippen LogP contribution is -2.32. The number of rotatable bonds is 2. The van der Waals surface area contributed by atoms with Crippen LogP contribution in [0.3, 0.4) is 0 Å². The van der Waals surface area contributed by atoms with E-state index in [1.165, 1.54) is 0 Å². The maximum absolute atomic E-state index is 6.11. The number of aromatic nitrogens is 6. The molecule has 0 radical (unpaired) electrons. The van der Waals surface area contributed by atoms with E-state index in [1.54, 1.807) is 12.4 Å². The number of ether oxygens (including phenoxy) is 1. The first-order chi connectivity index (χ1) is 12.8. The van der Waals surface area contributed by atoms with Crippen LogP contribution in [0.4, 0.5) is 0 Å². The number of pyridine rings is 2. The van der Waals surface area contributed by atoms with Crippen molar-refractivity contribution in [1.29, 1.82) is 0 Å². The third-order valence-electron chi connectivity index (χ3n) is 4.58. The quantitative estimate of drug-likeness (QED) is 0.509. The second kappa shape index (κ2) is 6.26. The Balaban J connectivity index is 1.77. The molecule has 0 amide bonds. The van der Waals surface area contributed by atoms with Crippen molar-refractivity contribution in [2.24, 2.45) is 0 Å². The summed E-state index contributed by atoms with van der Waals surface area (Å²) in [6, 6.07) is 7.83. The molecule has 0 N–H and O–H groups in total. The maximum Gasteiger partial charge on any atom is 0.383 e. The monoisotopic (exact) mass is 367 g/mol. The first-order valence-electron chi connectivity index (χ1n) is 8.59. The summed E-state index contributed by atoms with van der Waals surface area (Å²) >= 11 is 6.11. The van der Waals surface area contributed by atoms with Gasteiger partial charge >= 0.3 is 5.82 Å². The summed E-state index contributed by atoms with van der Waals surface area (Å²) < 4.78 is 9.71. The van der Waals surface area contributed by atoms with Gasteiger partial charge < -0.3 is 4.74 Å². The highest BCUT2D eigenvalue weighted by molar-refractivity contribution is 6.29. The molecule has 130 valence electrons. The zero-order valence-corrected chi connectivity index (χ0v) is 14.7. The molecule has 0 spiro atoms. The van der Waals surface area contributed by atoms with Gasteiger partial charge in [-0.2, -0.15) is 4.57 Å². The van der Waals surface area contributed by atoms with E-state index in [0.717, 1.165) is 36.9 Å². The van der Waals surface area contributed by atoms with Gasteiger partial charge in [-0.3, -0.25) is 4.98 Å². The fourth-order valence-electron chi connectivity index (χ4n) is 3.38. The zero-order valence-electron chi connectivity index (χ0n) is 13.9. The van der Waals surface area contributed by atoms with Gasteiger partial charge in [-0.05, 0) is 43.5 Å². The van der Waals surface area contributed by atoms with E-state index in [9.17, 15) is 0 Å². The van der Waals surface area contributed by atoms with Crippen LogP contribution in [-0.2, 0) is 4.74 Å². The van der Waals surface area contributed by atoms with Crippen molar-refractivity contribution in [2.45, 2.75) is 25.5 Å². The van der Waals surface area contributed by atoms with Crippen LogP contribution in [0.15, 0.2) is 42.9 Å². The Kier molecular flexibility index (Phi) is 3.76. The largest absolute Gasteiger partial charge is 0.383 e. The van der Waals surface area contributed by atoms with E-state index < -0.39 is 0 Å². The summed E-state index contributed by atoms with van der Waals surface area (Å²) in [6.07, 6.45) is 8.19. The fraction of sp³-hybridized carbons (Fsp3) is 0.278. The number of fused-ring (bicyclic) bond motifs is 2. The Hall–Kier alpha value is -2.64. The molecule has 1 fully saturated rings. The zero-order chi connectivity index (χ0) is 17.5. The Morgan fingerprint density at radius 2 is 2.15 bits per heavy atom. The number of hydrogen-bond donors (Lipinski definition) is 0. The Labute approximate surface area is 154 Å².